The highest BCUT2D eigenvalue weighted by atomic mass is 19.1. The van der Waals surface area contributed by atoms with E-state index in [1.54, 1.807) is 0 Å². The van der Waals surface area contributed by atoms with Gasteiger partial charge in [-0.05, 0) is 31.9 Å². The maximum atomic E-state index is 13.7. The molecule has 3 nitrogen and oxygen atoms in total. The van der Waals surface area contributed by atoms with Crippen LogP contribution < -0.4 is 10.6 Å². The first-order chi connectivity index (χ1) is 8.99. The number of anilines is 1. The van der Waals surface area contributed by atoms with Gasteiger partial charge in [-0.3, -0.25) is 4.79 Å². The highest BCUT2D eigenvalue weighted by Gasteiger charge is 2.15. The zero-order valence-corrected chi connectivity index (χ0v) is 11.5. The number of benzene rings is 1. The van der Waals surface area contributed by atoms with Crippen molar-refractivity contribution in [3.63, 3.8) is 0 Å². The SMILES string of the molecule is CCCNc1c(F)cc(C(=O)NC(C)CC)cc1F. The molecule has 1 rings (SSSR count). The molecule has 1 atom stereocenters. The second-order valence-electron chi connectivity index (χ2n) is 4.52. The zero-order chi connectivity index (χ0) is 14.4. The minimum Gasteiger partial charge on any atom is -0.380 e. The maximum Gasteiger partial charge on any atom is 0.251 e. The van der Waals surface area contributed by atoms with Gasteiger partial charge in [-0.25, -0.2) is 8.78 Å². The largest absolute Gasteiger partial charge is 0.380 e. The molecular formula is C14H20F2N2O. The predicted molar refractivity (Wildman–Crippen MR) is 72.4 cm³/mol. The monoisotopic (exact) mass is 270 g/mol. The number of rotatable bonds is 6. The van der Waals surface area contributed by atoms with Crippen LogP contribution in [-0.4, -0.2) is 18.5 Å². The molecule has 1 amide bonds. The van der Waals surface area contributed by atoms with Crippen LogP contribution in [0.2, 0.25) is 0 Å². The van der Waals surface area contributed by atoms with Crippen LogP contribution >= 0.6 is 0 Å². The third kappa shape index (κ3) is 4.19. The maximum absolute atomic E-state index is 13.7. The van der Waals surface area contributed by atoms with Crippen LogP contribution in [0.5, 0.6) is 0 Å². The lowest BCUT2D eigenvalue weighted by Gasteiger charge is -2.13. The number of hydrogen-bond donors (Lipinski definition) is 2. The van der Waals surface area contributed by atoms with Gasteiger partial charge in [0.25, 0.3) is 5.91 Å². The Morgan fingerprint density at radius 1 is 1.26 bits per heavy atom. The van der Waals surface area contributed by atoms with Crippen LogP contribution in [0.25, 0.3) is 0 Å². The second-order valence-corrected chi connectivity index (χ2v) is 4.52. The van der Waals surface area contributed by atoms with E-state index in [1.807, 2.05) is 20.8 Å². The number of halogens is 2. The van der Waals surface area contributed by atoms with E-state index in [9.17, 15) is 13.6 Å². The molecule has 0 radical (unpaired) electrons. The van der Waals surface area contributed by atoms with Gasteiger partial charge in [0.2, 0.25) is 0 Å². The Morgan fingerprint density at radius 3 is 2.32 bits per heavy atom. The molecule has 5 heteroatoms. The van der Waals surface area contributed by atoms with E-state index in [4.69, 9.17) is 0 Å². The molecule has 0 aromatic heterocycles. The van der Waals surface area contributed by atoms with Crippen LogP contribution in [0, 0.1) is 11.6 Å². The fraction of sp³-hybridized carbons (Fsp3) is 0.500. The summed E-state index contributed by atoms with van der Waals surface area (Å²) in [7, 11) is 0. The second kappa shape index (κ2) is 7.07. The molecule has 0 aliphatic rings. The Hall–Kier alpha value is -1.65. The molecule has 1 aromatic carbocycles. The minimum absolute atomic E-state index is 0.00246. The van der Waals surface area contributed by atoms with Crippen LogP contribution in [-0.2, 0) is 0 Å². The number of amides is 1. The van der Waals surface area contributed by atoms with Crippen LogP contribution in [0.15, 0.2) is 12.1 Å². The average molecular weight is 270 g/mol. The first-order valence-electron chi connectivity index (χ1n) is 6.53. The van der Waals surface area contributed by atoms with E-state index >= 15 is 0 Å². The molecule has 0 heterocycles. The van der Waals surface area contributed by atoms with Crippen molar-refractivity contribution in [2.45, 2.75) is 39.7 Å². The smallest absolute Gasteiger partial charge is 0.251 e. The highest BCUT2D eigenvalue weighted by molar-refractivity contribution is 5.94. The third-order valence-corrected chi connectivity index (χ3v) is 2.85. The van der Waals surface area contributed by atoms with E-state index in [0.717, 1.165) is 25.0 Å². The quantitative estimate of drug-likeness (QED) is 0.832. The molecule has 0 saturated carbocycles. The summed E-state index contributed by atoms with van der Waals surface area (Å²) in [5.41, 5.74) is -0.181. The fourth-order valence-corrected chi connectivity index (χ4v) is 1.53. The Morgan fingerprint density at radius 2 is 1.84 bits per heavy atom. The fourth-order valence-electron chi connectivity index (χ4n) is 1.53. The zero-order valence-electron chi connectivity index (χ0n) is 11.5. The molecule has 0 saturated heterocycles. The molecule has 0 spiro atoms. The van der Waals surface area contributed by atoms with E-state index in [1.165, 1.54) is 0 Å². The molecule has 0 aliphatic carbocycles. The molecule has 0 fully saturated rings. The molecule has 19 heavy (non-hydrogen) atoms. The van der Waals surface area contributed by atoms with Gasteiger partial charge in [-0.2, -0.15) is 0 Å². The Balaban J connectivity index is 2.90. The number of carbonyl (C=O) groups excluding carboxylic acids is 1. The minimum atomic E-state index is -0.747. The number of hydrogen-bond acceptors (Lipinski definition) is 2. The standard InChI is InChI=1S/C14H20F2N2O/c1-4-6-17-13-11(15)7-10(8-12(13)16)14(19)18-9(3)5-2/h7-9,17H,4-6H2,1-3H3,(H,18,19). The highest BCUT2D eigenvalue weighted by Crippen LogP contribution is 2.21. The van der Waals surface area contributed by atoms with Crippen molar-refractivity contribution in [2.24, 2.45) is 0 Å². The van der Waals surface area contributed by atoms with Crippen molar-refractivity contribution in [3.8, 4) is 0 Å². The van der Waals surface area contributed by atoms with E-state index in [2.05, 4.69) is 10.6 Å². The molecule has 1 unspecified atom stereocenters. The lowest BCUT2D eigenvalue weighted by atomic mass is 10.1. The van der Waals surface area contributed by atoms with Crippen molar-refractivity contribution in [3.05, 3.63) is 29.3 Å². The predicted octanol–water partition coefficient (Wildman–Crippen LogP) is 3.32. The van der Waals surface area contributed by atoms with E-state index in [-0.39, 0.29) is 17.3 Å². The summed E-state index contributed by atoms with van der Waals surface area (Å²) < 4.78 is 27.5. The van der Waals surface area contributed by atoms with Gasteiger partial charge in [0, 0.05) is 18.2 Å². The molecular weight excluding hydrogens is 250 g/mol. The van der Waals surface area contributed by atoms with Gasteiger partial charge in [0.15, 0.2) is 0 Å². The molecule has 106 valence electrons. The molecule has 0 aliphatic heterocycles. The van der Waals surface area contributed by atoms with Crippen molar-refractivity contribution < 1.29 is 13.6 Å². The summed E-state index contributed by atoms with van der Waals surface area (Å²) in [5.74, 6) is -1.96. The van der Waals surface area contributed by atoms with Gasteiger partial charge >= 0.3 is 0 Å². The van der Waals surface area contributed by atoms with Gasteiger partial charge in [-0.1, -0.05) is 13.8 Å². The lowest BCUT2D eigenvalue weighted by Crippen LogP contribution is -2.32. The summed E-state index contributed by atoms with van der Waals surface area (Å²) in [4.78, 5) is 11.8. The molecule has 1 aromatic rings. The number of carbonyl (C=O) groups is 1. The van der Waals surface area contributed by atoms with Crippen molar-refractivity contribution >= 4 is 11.6 Å². The Kier molecular flexibility index (Phi) is 5.73. The van der Waals surface area contributed by atoms with Crippen LogP contribution in [0.1, 0.15) is 44.0 Å². The first-order valence-corrected chi connectivity index (χ1v) is 6.53. The number of nitrogens with one attached hydrogen (secondary N) is 2. The third-order valence-electron chi connectivity index (χ3n) is 2.85. The van der Waals surface area contributed by atoms with Crippen molar-refractivity contribution in [1.82, 2.24) is 5.32 Å². The van der Waals surface area contributed by atoms with Crippen molar-refractivity contribution in [1.29, 1.82) is 0 Å². The Bertz CT molecular complexity index is 426. The Labute approximate surface area is 112 Å². The molecule has 0 bridgehead atoms. The van der Waals surface area contributed by atoms with Gasteiger partial charge in [0.05, 0.1) is 0 Å². The summed E-state index contributed by atoms with van der Waals surface area (Å²) >= 11 is 0. The van der Waals surface area contributed by atoms with Crippen molar-refractivity contribution in [2.75, 3.05) is 11.9 Å². The first kappa shape index (κ1) is 15.4. The average Bonchev–Trinajstić information content (AvgIpc) is 2.37. The molecule has 2 N–H and O–H groups in total. The lowest BCUT2D eigenvalue weighted by molar-refractivity contribution is 0.0938. The van der Waals surface area contributed by atoms with Gasteiger partial charge in [0.1, 0.15) is 17.3 Å². The summed E-state index contributed by atoms with van der Waals surface area (Å²) in [6, 6.07) is 2.08. The van der Waals surface area contributed by atoms with Gasteiger partial charge < -0.3 is 10.6 Å². The topological polar surface area (TPSA) is 41.1 Å². The van der Waals surface area contributed by atoms with E-state index in [0.29, 0.717) is 6.54 Å². The van der Waals surface area contributed by atoms with Gasteiger partial charge in [-0.15, -0.1) is 0 Å². The summed E-state index contributed by atoms with van der Waals surface area (Å²) in [6.45, 7) is 6.13. The normalized spacial score (nSPS) is 12.1. The summed E-state index contributed by atoms with van der Waals surface area (Å²) in [6.07, 6.45) is 1.52. The van der Waals surface area contributed by atoms with Crippen LogP contribution in [0.3, 0.4) is 0 Å². The summed E-state index contributed by atoms with van der Waals surface area (Å²) in [5, 5.41) is 5.34. The van der Waals surface area contributed by atoms with Crippen LogP contribution in [0.4, 0.5) is 14.5 Å². The van der Waals surface area contributed by atoms with E-state index < -0.39 is 17.5 Å².